The van der Waals surface area contributed by atoms with Crippen LogP contribution in [0.2, 0.25) is 0 Å². The van der Waals surface area contributed by atoms with Crippen molar-refractivity contribution in [2.24, 2.45) is 7.05 Å². The quantitative estimate of drug-likeness (QED) is 0.732. The molecule has 3 rings (SSSR count). The highest BCUT2D eigenvalue weighted by atomic mass is 16.5. The summed E-state index contributed by atoms with van der Waals surface area (Å²) in [6.07, 6.45) is 3.29. The van der Waals surface area contributed by atoms with Crippen LogP contribution in [0, 0.1) is 6.92 Å². The van der Waals surface area contributed by atoms with Crippen molar-refractivity contribution in [1.29, 1.82) is 0 Å². The summed E-state index contributed by atoms with van der Waals surface area (Å²) in [7, 11) is 1.74. The molecule has 3 heterocycles. The first-order valence-corrected chi connectivity index (χ1v) is 6.77. The molecule has 0 fully saturated rings. The monoisotopic (exact) mass is 314 g/mol. The molecule has 0 atom stereocenters. The summed E-state index contributed by atoms with van der Waals surface area (Å²) >= 11 is 0. The fourth-order valence-corrected chi connectivity index (χ4v) is 1.76. The number of pyridine rings is 1. The number of nitrogens with one attached hydrogen (secondary N) is 2. The van der Waals surface area contributed by atoms with Crippen LogP contribution in [0.25, 0.3) is 11.4 Å². The third kappa shape index (κ3) is 3.48. The topological polar surface area (TPSA) is 124 Å². The van der Waals surface area contributed by atoms with Crippen molar-refractivity contribution < 1.29 is 9.32 Å². The maximum Gasteiger partial charge on any atom is 0.322 e. The summed E-state index contributed by atoms with van der Waals surface area (Å²) < 4.78 is 6.64. The third-order valence-electron chi connectivity index (χ3n) is 2.99. The number of hydrogen-bond donors (Lipinski definition) is 2. The van der Waals surface area contributed by atoms with Crippen LogP contribution in [0.15, 0.2) is 29.0 Å². The zero-order valence-electron chi connectivity index (χ0n) is 12.5. The molecule has 3 aromatic rings. The van der Waals surface area contributed by atoms with Gasteiger partial charge in [-0.2, -0.15) is 9.97 Å². The highest BCUT2D eigenvalue weighted by molar-refractivity contribution is 5.87. The number of nitrogens with zero attached hydrogens (tertiary/aromatic N) is 6. The van der Waals surface area contributed by atoms with Gasteiger partial charge in [-0.1, -0.05) is 5.16 Å². The van der Waals surface area contributed by atoms with Crippen molar-refractivity contribution in [2.75, 3.05) is 5.32 Å². The molecule has 2 N–H and O–H groups in total. The van der Waals surface area contributed by atoms with Crippen LogP contribution in [0.4, 0.5) is 10.7 Å². The molecule has 0 aliphatic heterocycles. The van der Waals surface area contributed by atoms with Crippen molar-refractivity contribution in [3.63, 3.8) is 0 Å². The van der Waals surface area contributed by atoms with Gasteiger partial charge in [-0.25, -0.2) is 4.79 Å². The molecule has 118 valence electrons. The number of carbonyl (C=O) groups excluding carboxylic acids is 1. The van der Waals surface area contributed by atoms with E-state index in [0.717, 1.165) is 5.56 Å². The van der Waals surface area contributed by atoms with E-state index in [2.05, 4.69) is 35.8 Å². The van der Waals surface area contributed by atoms with Gasteiger partial charge >= 0.3 is 6.03 Å². The molecule has 0 saturated heterocycles. The van der Waals surface area contributed by atoms with Crippen LogP contribution < -0.4 is 10.6 Å². The zero-order valence-corrected chi connectivity index (χ0v) is 12.5. The molecular weight excluding hydrogens is 300 g/mol. The van der Waals surface area contributed by atoms with E-state index in [1.807, 2.05) is 6.07 Å². The predicted octanol–water partition coefficient (Wildman–Crippen LogP) is 0.890. The second-order valence-corrected chi connectivity index (χ2v) is 4.67. The Morgan fingerprint density at radius 3 is 2.96 bits per heavy atom. The number of carbonyl (C=O) groups is 1. The first-order chi connectivity index (χ1) is 11.1. The molecule has 0 aromatic carbocycles. The minimum atomic E-state index is -0.461. The van der Waals surface area contributed by atoms with Gasteiger partial charge in [0.25, 0.3) is 0 Å². The maximum atomic E-state index is 11.8. The van der Waals surface area contributed by atoms with Gasteiger partial charge in [0.1, 0.15) is 5.82 Å². The van der Waals surface area contributed by atoms with Crippen LogP contribution in [-0.2, 0) is 13.6 Å². The number of urea groups is 1. The Balaban J connectivity index is 1.56. The standard InChI is InChI=1S/C13H14N8O2/c1-8-16-12(19-21(8)2)18-13(22)15-7-10-17-11(20-23-10)9-4-3-5-14-6-9/h3-6H,7H2,1-2H3,(H2,15,18,19,22). The van der Waals surface area contributed by atoms with Crippen LogP contribution in [0.1, 0.15) is 11.7 Å². The first kappa shape index (κ1) is 14.6. The SMILES string of the molecule is Cc1nc(NC(=O)NCc2nc(-c3cccnc3)no2)nn1C. The summed E-state index contributed by atoms with van der Waals surface area (Å²) in [4.78, 5) is 24.0. The first-order valence-electron chi connectivity index (χ1n) is 6.77. The van der Waals surface area contributed by atoms with Gasteiger partial charge in [0, 0.05) is 25.0 Å². The number of aryl methyl sites for hydroxylation is 2. The normalized spacial score (nSPS) is 10.5. The lowest BCUT2D eigenvalue weighted by Gasteiger charge is -2.01. The van der Waals surface area contributed by atoms with Gasteiger partial charge in [0.15, 0.2) is 0 Å². The molecule has 10 heteroatoms. The van der Waals surface area contributed by atoms with Crippen LogP contribution in [-0.4, -0.2) is 35.9 Å². The number of amides is 2. The van der Waals surface area contributed by atoms with Crippen molar-refractivity contribution >= 4 is 12.0 Å². The Bertz CT molecular complexity index is 791. The second kappa shape index (κ2) is 6.22. The smallest absolute Gasteiger partial charge is 0.322 e. The van der Waals surface area contributed by atoms with E-state index in [1.165, 1.54) is 0 Å². The maximum absolute atomic E-state index is 11.8. The number of aromatic nitrogens is 6. The summed E-state index contributed by atoms with van der Waals surface area (Å²) in [5.41, 5.74) is 0.736. The Labute approximate surface area is 130 Å². The van der Waals surface area contributed by atoms with E-state index < -0.39 is 6.03 Å². The highest BCUT2D eigenvalue weighted by Gasteiger charge is 2.11. The molecule has 3 aromatic heterocycles. The molecule has 0 bridgehead atoms. The van der Waals surface area contributed by atoms with E-state index in [0.29, 0.717) is 11.6 Å². The Kier molecular flexibility index (Phi) is 3.95. The van der Waals surface area contributed by atoms with Crippen molar-refractivity contribution in [3.8, 4) is 11.4 Å². The molecule has 0 aliphatic carbocycles. The van der Waals surface area contributed by atoms with Crippen molar-refractivity contribution in [3.05, 3.63) is 36.2 Å². The van der Waals surface area contributed by atoms with E-state index in [-0.39, 0.29) is 18.4 Å². The molecular formula is C13H14N8O2. The Hall–Kier alpha value is -3.30. The largest absolute Gasteiger partial charge is 0.337 e. The van der Waals surface area contributed by atoms with Crippen molar-refractivity contribution in [1.82, 2.24) is 35.2 Å². The van der Waals surface area contributed by atoms with Crippen molar-refractivity contribution in [2.45, 2.75) is 13.5 Å². The molecule has 23 heavy (non-hydrogen) atoms. The van der Waals surface area contributed by atoms with Gasteiger partial charge in [-0.3, -0.25) is 15.0 Å². The average molecular weight is 314 g/mol. The van der Waals surface area contributed by atoms with E-state index >= 15 is 0 Å². The van der Waals surface area contributed by atoms with Gasteiger partial charge in [-0.15, -0.1) is 5.10 Å². The molecule has 0 radical (unpaired) electrons. The van der Waals surface area contributed by atoms with E-state index in [1.54, 1.807) is 37.1 Å². The average Bonchev–Trinajstić information content (AvgIpc) is 3.13. The summed E-state index contributed by atoms with van der Waals surface area (Å²) in [5, 5.41) is 13.0. The second-order valence-electron chi connectivity index (χ2n) is 4.67. The molecule has 0 saturated carbocycles. The predicted molar refractivity (Wildman–Crippen MR) is 79.1 cm³/mol. The van der Waals surface area contributed by atoms with Gasteiger partial charge in [0.05, 0.1) is 6.54 Å². The summed E-state index contributed by atoms with van der Waals surface area (Å²) in [5.74, 6) is 1.61. The fourth-order valence-electron chi connectivity index (χ4n) is 1.76. The Morgan fingerprint density at radius 1 is 1.39 bits per heavy atom. The fraction of sp³-hybridized carbons (Fsp3) is 0.231. The molecule has 0 unspecified atom stereocenters. The lowest BCUT2D eigenvalue weighted by Crippen LogP contribution is -2.28. The lowest BCUT2D eigenvalue weighted by molar-refractivity contribution is 0.249. The van der Waals surface area contributed by atoms with E-state index in [9.17, 15) is 4.79 Å². The minimum absolute atomic E-state index is 0.0882. The number of rotatable bonds is 4. The molecule has 0 aliphatic rings. The molecule has 10 nitrogen and oxygen atoms in total. The van der Waals surface area contributed by atoms with Gasteiger partial charge in [0.2, 0.25) is 17.7 Å². The van der Waals surface area contributed by atoms with Gasteiger partial charge < -0.3 is 9.84 Å². The summed E-state index contributed by atoms with van der Waals surface area (Å²) in [6.45, 7) is 1.87. The van der Waals surface area contributed by atoms with Crippen LogP contribution in [0.3, 0.4) is 0 Å². The zero-order chi connectivity index (χ0) is 16.2. The lowest BCUT2D eigenvalue weighted by atomic mass is 10.3. The molecule has 0 spiro atoms. The van der Waals surface area contributed by atoms with Gasteiger partial charge in [-0.05, 0) is 19.1 Å². The molecule has 2 amide bonds. The third-order valence-corrected chi connectivity index (χ3v) is 2.99. The number of hydrogen-bond acceptors (Lipinski definition) is 7. The number of anilines is 1. The summed E-state index contributed by atoms with van der Waals surface area (Å²) in [6, 6.07) is 3.13. The Morgan fingerprint density at radius 2 is 2.26 bits per heavy atom. The van der Waals surface area contributed by atoms with Crippen LogP contribution >= 0.6 is 0 Å². The highest BCUT2D eigenvalue weighted by Crippen LogP contribution is 2.13. The van der Waals surface area contributed by atoms with Crippen LogP contribution in [0.5, 0.6) is 0 Å². The minimum Gasteiger partial charge on any atom is -0.337 e. The van der Waals surface area contributed by atoms with E-state index in [4.69, 9.17) is 4.52 Å².